The summed E-state index contributed by atoms with van der Waals surface area (Å²) in [5.41, 5.74) is 2.81. The van der Waals surface area contributed by atoms with E-state index in [0.29, 0.717) is 39.1 Å². The molecule has 1 amide bonds. The summed E-state index contributed by atoms with van der Waals surface area (Å²) in [4.78, 5) is 14.0. The smallest absolute Gasteiger partial charge is 0.223 e. The van der Waals surface area contributed by atoms with Crippen LogP contribution >= 0.6 is 0 Å². The molecule has 0 radical (unpaired) electrons. The Morgan fingerprint density at radius 1 is 1.19 bits per heavy atom. The Balaban J connectivity index is 1.63. The predicted octanol–water partition coefficient (Wildman–Crippen LogP) is 2.13. The van der Waals surface area contributed by atoms with Gasteiger partial charge in [-0.2, -0.15) is 0 Å². The number of carbonyl (C=O) groups is 1. The molecule has 21 heavy (non-hydrogen) atoms. The van der Waals surface area contributed by atoms with Crippen LogP contribution in [0.4, 0.5) is 0 Å². The number of hydrogen-bond donors (Lipinski definition) is 0. The van der Waals surface area contributed by atoms with Gasteiger partial charge in [0.1, 0.15) is 12.0 Å². The molecule has 1 fully saturated rings. The summed E-state index contributed by atoms with van der Waals surface area (Å²) in [5, 5.41) is 4.06. The van der Waals surface area contributed by atoms with E-state index in [2.05, 4.69) is 5.16 Å². The van der Waals surface area contributed by atoms with Gasteiger partial charge in [0.25, 0.3) is 0 Å². The molecule has 5 heteroatoms. The molecular weight excluding hydrogens is 268 g/mol. The number of ether oxygens (including phenoxy) is 1. The molecule has 0 atom stereocenters. The second-order valence-corrected chi connectivity index (χ2v) is 5.05. The van der Waals surface area contributed by atoms with Crippen LogP contribution in [0.3, 0.4) is 0 Å². The Morgan fingerprint density at radius 3 is 2.71 bits per heavy atom. The van der Waals surface area contributed by atoms with Crippen molar-refractivity contribution in [1.82, 2.24) is 10.1 Å². The summed E-state index contributed by atoms with van der Waals surface area (Å²) in [7, 11) is 0. The Morgan fingerprint density at radius 2 is 1.95 bits per heavy atom. The van der Waals surface area contributed by atoms with Crippen LogP contribution in [-0.4, -0.2) is 42.3 Å². The predicted molar refractivity (Wildman–Crippen MR) is 77.7 cm³/mol. The molecule has 5 nitrogen and oxygen atoms in total. The maximum Gasteiger partial charge on any atom is 0.223 e. The largest absolute Gasteiger partial charge is 0.378 e. The van der Waals surface area contributed by atoms with Crippen LogP contribution in [0.5, 0.6) is 0 Å². The van der Waals surface area contributed by atoms with Gasteiger partial charge in [0.15, 0.2) is 0 Å². The number of rotatable bonds is 4. The van der Waals surface area contributed by atoms with Gasteiger partial charge in [-0.05, 0) is 6.42 Å². The molecule has 0 saturated carbocycles. The van der Waals surface area contributed by atoms with Gasteiger partial charge in [-0.3, -0.25) is 4.79 Å². The molecule has 0 aliphatic carbocycles. The lowest BCUT2D eigenvalue weighted by atomic mass is 10.0. The average Bonchev–Trinajstić information content (AvgIpc) is 3.03. The summed E-state index contributed by atoms with van der Waals surface area (Å²) in [6, 6.07) is 9.88. The molecule has 0 spiro atoms. The number of aromatic nitrogens is 1. The average molecular weight is 286 g/mol. The fraction of sp³-hybridized carbons (Fsp3) is 0.375. The fourth-order valence-electron chi connectivity index (χ4n) is 2.48. The first-order valence-corrected chi connectivity index (χ1v) is 7.19. The summed E-state index contributed by atoms with van der Waals surface area (Å²) in [6.45, 7) is 2.64. The number of aryl methyl sites for hydroxylation is 1. The topological polar surface area (TPSA) is 55.6 Å². The molecule has 1 aromatic carbocycles. The third-order valence-corrected chi connectivity index (χ3v) is 3.66. The van der Waals surface area contributed by atoms with E-state index < -0.39 is 0 Å². The molecule has 2 aromatic rings. The second-order valence-electron chi connectivity index (χ2n) is 5.05. The van der Waals surface area contributed by atoms with Crippen LogP contribution in [-0.2, 0) is 16.0 Å². The molecule has 0 N–H and O–H groups in total. The van der Waals surface area contributed by atoms with E-state index in [1.165, 1.54) is 0 Å². The number of benzene rings is 1. The van der Waals surface area contributed by atoms with Gasteiger partial charge in [0.2, 0.25) is 5.91 Å². The first-order chi connectivity index (χ1) is 10.3. The Hall–Kier alpha value is -2.14. The van der Waals surface area contributed by atoms with Crippen molar-refractivity contribution in [2.45, 2.75) is 12.8 Å². The van der Waals surface area contributed by atoms with E-state index in [1.807, 2.05) is 35.2 Å². The summed E-state index contributed by atoms with van der Waals surface area (Å²) in [6.07, 6.45) is 2.75. The summed E-state index contributed by atoms with van der Waals surface area (Å²) >= 11 is 0. The third-order valence-electron chi connectivity index (χ3n) is 3.66. The Bertz CT molecular complexity index is 589. The van der Waals surface area contributed by atoms with Crippen molar-refractivity contribution in [3.8, 4) is 11.3 Å². The zero-order chi connectivity index (χ0) is 14.5. The molecule has 3 rings (SSSR count). The van der Waals surface area contributed by atoms with Crippen LogP contribution in [0.1, 0.15) is 12.0 Å². The first kappa shape index (κ1) is 13.8. The lowest BCUT2D eigenvalue weighted by Crippen LogP contribution is -2.40. The van der Waals surface area contributed by atoms with Crippen LogP contribution in [0, 0.1) is 0 Å². The molecule has 2 heterocycles. The lowest BCUT2D eigenvalue weighted by molar-refractivity contribution is -0.135. The molecule has 1 aromatic heterocycles. The maximum absolute atomic E-state index is 12.2. The summed E-state index contributed by atoms with van der Waals surface area (Å²) < 4.78 is 10.3. The van der Waals surface area contributed by atoms with Crippen LogP contribution in [0.15, 0.2) is 41.1 Å². The highest BCUT2D eigenvalue weighted by atomic mass is 16.5. The minimum atomic E-state index is 0.165. The molecular formula is C16H18N2O3. The molecule has 1 aliphatic rings. The summed E-state index contributed by atoms with van der Waals surface area (Å²) in [5.74, 6) is 0.165. The molecule has 0 bridgehead atoms. The van der Waals surface area contributed by atoms with E-state index in [1.54, 1.807) is 6.26 Å². The minimum Gasteiger partial charge on any atom is -0.378 e. The zero-order valence-corrected chi connectivity index (χ0v) is 11.8. The van der Waals surface area contributed by atoms with Gasteiger partial charge in [0, 0.05) is 30.6 Å². The number of hydrogen-bond acceptors (Lipinski definition) is 4. The van der Waals surface area contributed by atoms with Crippen molar-refractivity contribution in [2.24, 2.45) is 0 Å². The molecule has 0 unspecified atom stereocenters. The monoisotopic (exact) mass is 286 g/mol. The Kier molecular flexibility index (Phi) is 4.31. The van der Waals surface area contributed by atoms with E-state index >= 15 is 0 Å². The van der Waals surface area contributed by atoms with E-state index in [-0.39, 0.29) is 5.91 Å². The Labute approximate surface area is 123 Å². The van der Waals surface area contributed by atoms with Crippen molar-refractivity contribution in [3.05, 3.63) is 42.2 Å². The second kappa shape index (κ2) is 6.54. The normalized spacial score (nSPS) is 15.1. The van der Waals surface area contributed by atoms with Gasteiger partial charge in [-0.1, -0.05) is 35.5 Å². The van der Waals surface area contributed by atoms with Gasteiger partial charge >= 0.3 is 0 Å². The number of morpholine rings is 1. The van der Waals surface area contributed by atoms with Gasteiger partial charge in [-0.15, -0.1) is 0 Å². The van der Waals surface area contributed by atoms with E-state index in [0.717, 1.165) is 16.8 Å². The highest BCUT2D eigenvalue weighted by Gasteiger charge is 2.18. The zero-order valence-electron chi connectivity index (χ0n) is 11.8. The lowest BCUT2D eigenvalue weighted by Gasteiger charge is -2.26. The third kappa shape index (κ3) is 3.31. The van der Waals surface area contributed by atoms with Crippen molar-refractivity contribution in [1.29, 1.82) is 0 Å². The van der Waals surface area contributed by atoms with Crippen LogP contribution < -0.4 is 0 Å². The number of carbonyl (C=O) groups excluding carboxylic acids is 1. The van der Waals surface area contributed by atoms with Crippen molar-refractivity contribution in [2.75, 3.05) is 26.3 Å². The molecule has 1 aliphatic heterocycles. The first-order valence-electron chi connectivity index (χ1n) is 7.19. The molecule has 110 valence electrons. The van der Waals surface area contributed by atoms with Gasteiger partial charge in [-0.25, -0.2) is 0 Å². The van der Waals surface area contributed by atoms with Crippen LogP contribution in [0.25, 0.3) is 11.3 Å². The van der Waals surface area contributed by atoms with Gasteiger partial charge < -0.3 is 14.2 Å². The van der Waals surface area contributed by atoms with E-state index in [4.69, 9.17) is 9.26 Å². The number of amides is 1. The standard InChI is InChI=1S/C16H18N2O3/c19-15(18-8-10-20-11-9-18)7-6-14-12-21-17-16(14)13-4-2-1-3-5-13/h1-5,12H,6-11H2. The van der Waals surface area contributed by atoms with E-state index in [9.17, 15) is 4.79 Å². The highest BCUT2D eigenvalue weighted by Crippen LogP contribution is 2.23. The quantitative estimate of drug-likeness (QED) is 0.864. The maximum atomic E-state index is 12.2. The minimum absolute atomic E-state index is 0.165. The molecule has 1 saturated heterocycles. The van der Waals surface area contributed by atoms with Gasteiger partial charge in [0.05, 0.1) is 13.2 Å². The number of nitrogens with zero attached hydrogens (tertiary/aromatic N) is 2. The SMILES string of the molecule is O=C(CCc1conc1-c1ccccc1)N1CCOCC1. The van der Waals surface area contributed by atoms with Crippen molar-refractivity contribution < 1.29 is 14.1 Å². The van der Waals surface area contributed by atoms with Crippen molar-refractivity contribution >= 4 is 5.91 Å². The fourth-order valence-corrected chi connectivity index (χ4v) is 2.48. The van der Waals surface area contributed by atoms with Crippen molar-refractivity contribution in [3.63, 3.8) is 0 Å². The van der Waals surface area contributed by atoms with Crippen LogP contribution in [0.2, 0.25) is 0 Å². The highest BCUT2D eigenvalue weighted by molar-refractivity contribution is 5.77.